The quantitative estimate of drug-likeness (QED) is 0.564. The molecule has 1 amide bonds. The SMILES string of the molecule is Cc1ccc(S(=O)(=O)n2ccc3ccc(CCNC(=O)CCCCl)cc32)cc1. The first-order valence-electron chi connectivity index (χ1n) is 9.17. The number of benzene rings is 2. The first-order valence-corrected chi connectivity index (χ1v) is 11.1. The topological polar surface area (TPSA) is 68.2 Å². The Bertz CT molecular complexity index is 1070. The first kappa shape index (κ1) is 20.4. The van der Waals surface area contributed by atoms with E-state index in [0.29, 0.717) is 37.2 Å². The summed E-state index contributed by atoms with van der Waals surface area (Å²) in [6.45, 7) is 2.42. The van der Waals surface area contributed by atoms with E-state index in [1.807, 2.05) is 25.1 Å². The molecule has 3 rings (SSSR count). The van der Waals surface area contributed by atoms with E-state index < -0.39 is 10.0 Å². The zero-order valence-corrected chi connectivity index (χ0v) is 17.3. The molecule has 0 bridgehead atoms. The summed E-state index contributed by atoms with van der Waals surface area (Å²) in [7, 11) is -3.67. The summed E-state index contributed by atoms with van der Waals surface area (Å²) in [5.74, 6) is 0.448. The number of carbonyl (C=O) groups excluding carboxylic acids is 1. The van der Waals surface area contributed by atoms with Crippen LogP contribution in [0.5, 0.6) is 0 Å². The summed E-state index contributed by atoms with van der Waals surface area (Å²) in [5.41, 5.74) is 2.60. The molecule has 1 aromatic heterocycles. The normalized spacial score (nSPS) is 11.6. The molecule has 0 aliphatic carbocycles. The van der Waals surface area contributed by atoms with Crippen LogP contribution >= 0.6 is 11.6 Å². The van der Waals surface area contributed by atoms with Crippen molar-refractivity contribution in [3.8, 4) is 0 Å². The van der Waals surface area contributed by atoms with E-state index in [9.17, 15) is 13.2 Å². The van der Waals surface area contributed by atoms with E-state index >= 15 is 0 Å². The third-order valence-electron chi connectivity index (χ3n) is 4.57. The summed E-state index contributed by atoms with van der Waals surface area (Å²) in [5, 5.41) is 3.71. The van der Waals surface area contributed by atoms with Gasteiger partial charge in [0.05, 0.1) is 10.4 Å². The Balaban J connectivity index is 1.81. The molecule has 0 radical (unpaired) electrons. The highest BCUT2D eigenvalue weighted by molar-refractivity contribution is 7.90. The summed E-state index contributed by atoms with van der Waals surface area (Å²) in [6.07, 6.45) is 3.28. The summed E-state index contributed by atoms with van der Waals surface area (Å²) in [6, 6.07) is 14.3. The number of aryl methyl sites for hydroxylation is 1. The van der Waals surface area contributed by atoms with E-state index in [0.717, 1.165) is 16.5 Å². The largest absolute Gasteiger partial charge is 0.356 e. The predicted octanol–water partition coefficient (Wildman–Crippen LogP) is 3.86. The number of aromatic nitrogens is 1. The lowest BCUT2D eigenvalue weighted by Gasteiger charge is -2.09. The van der Waals surface area contributed by atoms with Crippen molar-refractivity contribution >= 4 is 38.4 Å². The smallest absolute Gasteiger partial charge is 0.268 e. The van der Waals surface area contributed by atoms with Crippen molar-refractivity contribution in [3.63, 3.8) is 0 Å². The van der Waals surface area contributed by atoms with Gasteiger partial charge in [-0.05, 0) is 49.6 Å². The van der Waals surface area contributed by atoms with Gasteiger partial charge < -0.3 is 5.32 Å². The second-order valence-electron chi connectivity index (χ2n) is 6.72. The highest BCUT2D eigenvalue weighted by Gasteiger charge is 2.18. The fourth-order valence-corrected chi connectivity index (χ4v) is 4.48. The van der Waals surface area contributed by atoms with Crippen LogP contribution in [-0.2, 0) is 21.2 Å². The number of nitrogens with one attached hydrogen (secondary N) is 1. The van der Waals surface area contributed by atoms with Gasteiger partial charge in [-0.3, -0.25) is 4.79 Å². The second kappa shape index (κ2) is 8.80. The average molecular weight is 419 g/mol. The Labute approximate surface area is 170 Å². The van der Waals surface area contributed by atoms with Crippen LogP contribution in [0.2, 0.25) is 0 Å². The molecule has 0 unspecified atom stereocenters. The number of carbonyl (C=O) groups is 1. The minimum atomic E-state index is -3.67. The second-order valence-corrected chi connectivity index (χ2v) is 8.91. The van der Waals surface area contributed by atoms with Gasteiger partial charge in [-0.25, -0.2) is 12.4 Å². The maximum Gasteiger partial charge on any atom is 0.268 e. The number of hydrogen-bond acceptors (Lipinski definition) is 3. The molecule has 0 aliphatic heterocycles. The number of rotatable bonds is 8. The van der Waals surface area contributed by atoms with Gasteiger partial charge in [-0.2, -0.15) is 0 Å². The van der Waals surface area contributed by atoms with Crippen molar-refractivity contribution in [3.05, 3.63) is 65.9 Å². The molecule has 7 heteroatoms. The van der Waals surface area contributed by atoms with Crippen molar-refractivity contribution in [2.45, 2.75) is 31.1 Å². The maximum absolute atomic E-state index is 13.0. The lowest BCUT2D eigenvalue weighted by atomic mass is 10.1. The molecule has 3 aromatic rings. The Hall–Kier alpha value is -2.31. The number of halogens is 1. The minimum absolute atomic E-state index is 0.0212. The predicted molar refractivity (Wildman–Crippen MR) is 112 cm³/mol. The third kappa shape index (κ3) is 4.56. The van der Waals surface area contributed by atoms with Gasteiger partial charge in [0.15, 0.2) is 0 Å². The van der Waals surface area contributed by atoms with E-state index in [1.54, 1.807) is 36.5 Å². The number of hydrogen-bond donors (Lipinski definition) is 1. The molecule has 0 atom stereocenters. The highest BCUT2D eigenvalue weighted by Crippen LogP contribution is 2.23. The molecular formula is C21H23ClN2O3S. The van der Waals surface area contributed by atoms with Crippen LogP contribution in [0, 0.1) is 6.92 Å². The maximum atomic E-state index is 13.0. The zero-order chi connectivity index (χ0) is 20.1. The molecule has 1 N–H and O–H groups in total. The van der Waals surface area contributed by atoms with Gasteiger partial charge >= 0.3 is 0 Å². The number of amides is 1. The standard InChI is InChI=1S/C21H23ClN2O3S/c1-16-4-8-19(9-5-16)28(26,27)24-14-11-18-7-6-17(15-20(18)24)10-13-23-21(25)3-2-12-22/h4-9,11,14-15H,2-3,10,12-13H2,1H3,(H,23,25). The van der Waals surface area contributed by atoms with Crippen LogP contribution in [0.3, 0.4) is 0 Å². The number of fused-ring (bicyclic) bond motifs is 1. The highest BCUT2D eigenvalue weighted by atomic mass is 35.5. The van der Waals surface area contributed by atoms with Crippen LogP contribution in [-0.4, -0.2) is 30.7 Å². The molecule has 0 aliphatic rings. The van der Waals surface area contributed by atoms with Gasteiger partial charge in [0.25, 0.3) is 10.0 Å². The molecule has 0 saturated heterocycles. The minimum Gasteiger partial charge on any atom is -0.356 e. The molecule has 28 heavy (non-hydrogen) atoms. The molecule has 0 saturated carbocycles. The zero-order valence-electron chi connectivity index (χ0n) is 15.7. The van der Waals surface area contributed by atoms with Crippen molar-refractivity contribution < 1.29 is 13.2 Å². The van der Waals surface area contributed by atoms with Crippen LogP contribution < -0.4 is 5.32 Å². The lowest BCUT2D eigenvalue weighted by molar-refractivity contribution is -0.121. The summed E-state index contributed by atoms with van der Waals surface area (Å²) in [4.78, 5) is 11.9. The van der Waals surface area contributed by atoms with Crippen LogP contribution in [0.15, 0.2) is 59.6 Å². The van der Waals surface area contributed by atoms with Crippen molar-refractivity contribution in [2.24, 2.45) is 0 Å². The van der Waals surface area contributed by atoms with Gasteiger partial charge in [0.2, 0.25) is 5.91 Å². The molecular weight excluding hydrogens is 396 g/mol. The molecule has 0 spiro atoms. The van der Waals surface area contributed by atoms with Crippen molar-refractivity contribution in [1.29, 1.82) is 0 Å². The summed E-state index contributed by atoms with van der Waals surface area (Å²) >= 11 is 5.59. The monoisotopic (exact) mass is 418 g/mol. The lowest BCUT2D eigenvalue weighted by Crippen LogP contribution is -2.25. The van der Waals surface area contributed by atoms with Gasteiger partial charge in [0, 0.05) is 30.4 Å². The summed E-state index contributed by atoms with van der Waals surface area (Å²) < 4.78 is 27.4. The molecule has 0 fully saturated rings. The Morgan fingerprint density at radius 2 is 1.86 bits per heavy atom. The fraction of sp³-hybridized carbons (Fsp3) is 0.286. The van der Waals surface area contributed by atoms with Gasteiger partial charge in [-0.15, -0.1) is 11.6 Å². The first-order chi connectivity index (χ1) is 13.4. The van der Waals surface area contributed by atoms with E-state index in [-0.39, 0.29) is 10.8 Å². The Morgan fingerprint density at radius 1 is 1.11 bits per heavy atom. The molecule has 5 nitrogen and oxygen atoms in total. The van der Waals surface area contributed by atoms with Gasteiger partial charge in [-0.1, -0.05) is 29.8 Å². The third-order valence-corrected chi connectivity index (χ3v) is 6.54. The van der Waals surface area contributed by atoms with E-state index in [1.165, 1.54) is 3.97 Å². The van der Waals surface area contributed by atoms with Crippen molar-refractivity contribution in [2.75, 3.05) is 12.4 Å². The fourth-order valence-electron chi connectivity index (χ4n) is 3.00. The molecule has 148 valence electrons. The average Bonchev–Trinajstić information content (AvgIpc) is 3.11. The van der Waals surface area contributed by atoms with Gasteiger partial charge in [0.1, 0.15) is 0 Å². The van der Waals surface area contributed by atoms with Crippen LogP contribution in [0.25, 0.3) is 10.9 Å². The van der Waals surface area contributed by atoms with Crippen LogP contribution in [0.1, 0.15) is 24.0 Å². The molecule has 1 heterocycles. The number of nitrogens with zero attached hydrogens (tertiary/aromatic N) is 1. The van der Waals surface area contributed by atoms with Crippen LogP contribution in [0.4, 0.5) is 0 Å². The Morgan fingerprint density at radius 3 is 2.57 bits per heavy atom. The van der Waals surface area contributed by atoms with Crippen molar-refractivity contribution in [1.82, 2.24) is 9.29 Å². The van der Waals surface area contributed by atoms with E-state index in [4.69, 9.17) is 11.6 Å². The number of alkyl halides is 1. The Kier molecular flexibility index (Phi) is 6.42. The molecule has 2 aromatic carbocycles. The van der Waals surface area contributed by atoms with E-state index in [2.05, 4.69) is 5.32 Å².